The number of amides is 1. The van der Waals surface area contributed by atoms with Crippen LogP contribution in [-0.2, 0) is 6.54 Å². The number of aromatic nitrogens is 2. The topological polar surface area (TPSA) is 88.7 Å². The zero-order chi connectivity index (χ0) is 21.0. The van der Waals surface area contributed by atoms with Gasteiger partial charge in [-0.1, -0.05) is 28.1 Å². The van der Waals surface area contributed by atoms with E-state index in [9.17, 15) is 9.90 Å². The van der Waals surface area contributed by atoms with Gasteiger partial charge in [0.1, 0.15) is 0 Å². The number of nitrogens with one attached hydrogen (secondary N) is 1. The number of hydrogen-bond donors (Lipinski definition) is 2. The minimum atomic E-state index is -0.459. The maximum absolute atomic E-state index is 12.4. The molecule has 0 aliphatic rings. The summed E-state index contributed by atoms with van der Waals surface area (Å²) in [7, 11) is 1.46. The van der Waals surface area contributed by atoms with Gasteiger partial charge in [-0.3, -0.25) is 9.48 Å². The van der Waals surface area contributed by atoms with Crippen LogP contribution in [0.4, 0.5) is 0 Å². The van der Waals surface area contributed by atoms with Crippen LogP contribution in [0.25, 0.3) is 0 Å². The summed E-state index contributed by atoms with van der Waals surface area (Å²) in [5.41, 5.74) is 4.28. The van der Waals surface area contributed by atoms with E-state index >= 15 is 0 Å². The lowest BCUT2D eigenvalue weighted by molar-refractivity contribution is 0.0948. The van der Waals surface area contributed by atoms with Crippen LogP contribution < -0.4 is 10.2 Å². The molecule has 0 fully saturated rings. The Hall–Kier alpha value is -2.17. The summed E-state index contributed by atoms with van der Waals surface area (Å²) in [6, 6.07) is 11.0. The molecule has 0 saturated carbocycles. The number of rotatable bonds is 6. The normalized spacial score (nSPS) is 11.0. The third kappa shape index (κ3) is 5.46. The van der Waals surface area contributed by atoms with Crippen molar-refractivity contribution >= 4 is 59.9 Å². The average molecular weight is 587 g/mol. The first-order valence-electron chi connectivity index (χ1n) is 8.24. The molecule has 0 radical (unpaired) electrons. The molecule has 150 valence electrons. The summed E-state index contributed by atoms with van der Waals surface area (Å²) in [6.45, 7) is 0.529. The molecule has 3 aromatic rings. The van der Waals surface area contributed by atoms with Crippen LogP contribution >= 0.6 is 47.8 Å². The van der Waals surface area contributed by atoms with E-state index in [0.29, 0.717) is 26.8 Å². The largest absolute Gasteiger partial charge is 0.504 e. The van der Waals surface area contributed by atoms with Crippen LogP contribution in [0.3, 0.4) is 0 Å². The number of carbonyl (C=O) groups is 1. The predicted molar refractivity (Wildman–Crippen MR) is 121 cm³/mol. The number of carbonyl (C=O) groups excluding carboxylic acids is 1. The Kier molecular flexibility index (Phi) is 7.09. The molecular formula is C19H15Br3N4O3. The summed E-state index contributed by atoms with van der Waals surface area (Å²) in [5.74, 6) is -0.171. The van der Waals surface area contributed by atoms with E-state index in [-0.39, 0.29) is 11.4 Å². The Bertz CT molecular complexity index is 1040. The van der Waals surface area contributed by atoms with Crippen LogP contribution in [0.15, 0.2) is 61.1 Å². The fourth-order valence-electron chi connectivity index (χ4n) is 2.50. The van der Waals surface area contributed by atoms with Crippen LogP contribution in [0, 0.1) is 0 Å². The fourth-order valence-corrected chi connectivity index (χ4v) is 3.89. The second kappa shape index (κ2) is 9.55. The number of methoxy groups -OCH3 is 1. The Labute approximate surface area is 192 Å². The number of benzene rings is 2. The first-order chi connectivity index (χ1) is 13.9. The summed E-state index contributed by atoms with van der Waals surface area (Å²) >= 11 is 10.1. The van der Waals surface area contributed by atoms with Crippen molar-refractivity contribution in [1.82, 2.24) is 15.2 Å². The summed E-state index contributed by atoms with van der Waals surface area (Å²) < 4.78 is 8.87. The number of nitrogens with zero attached hydrogens (tertiary/aromatic N) is 3. The lowest BCUT2D eigenvalue weighted by Crippen LogP contribution is -2.19. The Morgan fingerprint density at radius 3 is 2.62 bits per heavy atom. The molecule has 7 nitrogen and oxygen atoms in total. The molecule has 0 bridgehead atoms. The summed E-state index contributed by atoms with van der Waals surface area (Å²) in [6.07, 6.45) is 3.15. The highest BCUT2D eigenvalue weighted by atomic mass is 79.9. The molecule has 0 saturated heterocycles. The molecule has 2 aromatic carbocycles. The molecule has 3 rings (SSSR count). The van der Waals surface area contributed by atoms with E-state index in [0.717, 1.165) is 10.0 Å². The van der Waals surface area contributed by atoms with Gasteiger partial charge >= 0.3 is 0 Å². The summed E-state index contributed by atoms with van der Waals surface area (Å²) in [5, 5.41) is 18.1. The van der Waals surface area contributed by atoms with Gasteiger partial charge in [-0.15, -0.1) is 0 Å². The second-order valence-electron chi connectivity index (χ2n) is 5.90. The van der Waals surface area contributed by atoms with Gasteiger partial charge in [-0.2, -0.15) is 10.2 Å². The van der Waals surface area contributed by atoms with Crippen molar-refractivity contribution in [3.63, 3.8) is 0 Å². The number of hydrogen-bond acceptors (Lipinski definition) is 5. The molecule has 1 amide bonds. The summed E-state index contributed by atoms with van der Waals surface area (Å²) in [4.78, 5) is 12.4. The molecule has 0 aliphatic carbocycles. The first-order valence-corrected chi connectivity index (χ1v) is 10.6. The number of halogens is 3. The smallest absolute Gasteiger partial charge is 0.293 e. The predicted octanol–water partition coefficient (Wildman–Crippen LogP) is 4.70. The highest BCUT2D eigenvalue weighted by molar-refractivity contribution is 9.11. The molecule has 0 unspecified atom stereocenters. The van der Waals surface area contributed by atoms with Crippen molar-refractivity contribution in [2.24, 2.45) is 5.10 Å². The number of phenolic OH excluding ortho intramolecular Hbond substituents is 1. The Morgan fingerprint density at radius 2 is 1.97 bits per heavy atom. The van der Waals surface area contributed by atoms with Gasteiger partial charge in [-0.25, -0.2) is 5.43 Å². The van der Waals surface area contributed by atoms with Crippen molar-refractivity contribution in [3.8, 4) is 11.5 Å². The standard InChI is InChI=1S/C19H15Br3N4O3/c1-29-18-14(21)6-12(7-16(18)27)8-23-24-19(28)17-15(22)10-26(25-17)9-11-2-4-13(20)5-3-11/h2-8,10,27H,9H2,1H3,(H,24,28)/b23-8+. The van der Waals surface area contributed by atoms with Crippen LogP contribution in [-0.4, -0.2) is 34.1 Å². The molecule has 0 spiro atoms. The molecule has 0 atom stereocenters. The molecule has 29 heavy (non-hydrogen) atoms. The van der Waals surface area contributed by atoms with Crippen LogP contribution in [0.1, 0.15) is 21.6 Å². The quantitative estimate of drug-likeness (QED) is 0.324. The first kappa shape index (κ1) is 21.5. The van der Waals surface area contributed by atoms with Crippen LogP contribution in [0.2, 0.25) is 0 Å². The highest BCUT2D eigenvalue weighted by Gasteiger charge is 2.15. The third-order valence-corrected chi connectivity index (χ3v) is 5.52. The zero-order valence-corrected chi connectivity index (χ0v) is 19.8. The molecule has 2 N–H and O–H groups in total. The lowest BCUT2D eigenvalue weighted by atomic mass is 10.2. The van der Waals surface area contributed by atoms with E-state index in [1.165, 1.54) is 19.4 Å². The fraction of sp³-hybridized carbons (Fsp3) is 0.105. The van der Waals surface area contributed by atoms with Gasteiger partial charge in [0, 0.05) is 10.7 Å². The number of phenols is 1. The Balaban J connectivity index is 1.67. The van der Waals surface area contributed by atoms with E-state index < -0.39 is 5.91 Å². The second-order valence-corrected chi connectivity index (χ2v) is 8.53. The minimum Gasteiger partial charge on any atom is -0.504 e. The molecule has 1 heterocycles. The van der Waals surface area contributed by atoms with Gasteiger partial charge in [0.15, 0.2) is 17.2 Å². The lowest BCUT2D eigenvalue weighted by Gasteiger charge is -2.06. The van der Waals surface area contributed by atoms with Gasteiger partial charge in [0.05, 0.1) is 28.8 Å². The average Bonchev–Trinajstić information content (AvgIpc) is 3.03. The van der Waals surface area contributed by atoms with Crippen molar-refractivity contribution < 1.29 is 14.6 Å². The van der Waals surface area contributed by atoms with Crippen molar-refractivity contribution in [2.45, 2.75) is 6.54 Å². The van der Waals surface area contributed by atoms with Crippen molar-refractivity contribution in [1.29, 1.82) is 0 Å². The minimum absolute atomic E-state index is 0.0379. The number of hydrazone groups is 1. The maximum Gasteiger partial charge on any atom is 0.293 e. The van der Waals surface area contributed by atoms with Crippen molar-refractivity contribution in [3.05, 3.63) is 72.8 Å². The van der Waals surface area contributed by atoms with Gasteiger partial charge in [0.25, 0.3) is 5.91 Å². The van der Waals surface area contributed by atoms with Gasteiger partial charge in [-0.05, 0) is 67.3 Å². The van der Waals surface area contributed by atoms with E-state index in [2.05, 4.69) is 63.4 Å². The van der Waals surface area contributed by atoms with E-state index in [1.54, 1.807) is 16.9 Å². The SMILES string of the molecule is COc1c(O)cc(/C=N/NC(=O)c2nn(Cc3ccc(Br)cc3)cc2Br)cc1Br. The number of ether oxygens (including phenoxy) is 1. The van der Waals surface area contributed by atoms with E-state index in [1.807, 2.05) is 24.3 Å². The van der Waals surface area contributed by atoms with Gasteiger partial charge in [0.2, 0.25) is 0 Å². The molecule has 1 aromatic heterocycles. The number of aromatic hydroxyl groups is 1. The van der Waals surface area contributed by atoms with Gasteiger partial charge < -0.3 is 9.84 Å². The molecule has 0 aliphatic heterocycles. The molecule has 10 heteroatoms. The maximum atomic E-state index is 12.4. The molecular weight excluding hydrogens is 572 g/mol. The monoisotopic (exact) mass is 584 g/mol. The third-order valence-electron chi connectivity index (χ3n) is 3.82. The van der Waals surface area contributed by atoms with E-state index in [4.69, 9.17) is 4.74 Å². The zero-order valence-electron chi connectivity index (χ0n) is 15.1. The van der Waals surface area contributed by atoms with Crippen molar-refractivity contribution in [2.75, 3.05) is 7.11 Å². The Morgan fingerprint density at radius 1 is 1.24 bits per heavy atom. The highest BCUT2D eigenvalue weighted by Crippen LogP contribution is 2.34. The van der Waals surface area contributed by atoms with Crippen LogP contribution in [0.5, 0.6) is 11.5 Å².